The highest BCUT2D eigenvalue weighted by molar-refractivity contribution is 5.94. The van der Waals surface area contributed by atoms with Gasteiger partial charge in [-0.2, -0.15) is 0 Å². The molecule has 1 aromatic carbocycles. The topological polar surface area (TPSA) is 56.1 Å². The van der Waals surface area contributed by atoms with E-state index in [0.717, 1.165) is 36.3 Å². The van der Waals surface area contributed by atoms with E-state index in [2.05, 4.69) is 14.9 Å². The largest absolute Gasteiger partial charge is 0.495 e. The first kappa shape index (κ1) is 13.7. The number of carbonyl (C=O) groups excluding carboxylic acids is 1. The van der Waals surface area contributed by atoms with Gasteiger partial charge >= 0.3 is 0 Å². The molecule has 1 amide bonds. The minimum atomic E-state index is -0.0144. The number of amides is 1. The molecule has 1 aliphatic rings. The maximum absolute atomic E-state index is 12.5. The summed E-state index contributed by atoms with van der Waals surface area (Å²) < 4.78 is 7.41. The van der Waals surface area contributed by atoms with Crippen molar-refractivity contribution in [2.75, 3.05) is 12.4 Å². The summed E-state index contributed by atoms with van der Waals surface area (Å²) in [6.45, 7) is 2.84. The van der Waals surface area contributed by atoms with Crippen LogP contribution >= 0.6 is 0 Å². The molecule has 0 bridgehead atoms. The van der Waals surface area contributed by atoms with Gasteiger partial charge in [0.1, 0.15) is 5.75 Å². The number of methoxy groups -OCH3 is 1. The van der Waals surface area contributed by atoms with Crippen LogP contribution in [0.2, 0.25) is 0 Å². The Bertz CT molecular complexity index is 663. The molecular weight excluding hydrogens is 266 g/mol. The number of benzene rings is 1. The zero-order valence-electron chi connectivity index (χ0n) is 12.3. The van der Waals surface area contributed by atoms with Gasteiger partial charge in [-0.05, 0) is 31.0 Å². The van der Waals surface area contributed by atoms with Gasteiger partial charge in [-0.25, -0.2) is 4.98 Å². The van der Waals surface area contributed by atoms with Gasteiger partial charge in [0, 0.05) is 30.8 Å². The second-order valence-corrected chi connectivity index (χ2v) is 5.46. The average Bonchev–Trinajstić information content (AvgIpc) is 2.94. The number of hydrogen-bond donors (Lipinski definition) is 1. The molecule has 0 radical (unpaired) electrons. The van der Waals surface area contributed by atoms with Crippen molar-refractivity contribution in [2.45, 2.75) is 26.3 Å². The van der Waals surface area contributed by atoms with E-state index in [1.807, 2.05) is 37.6 Å². The zero-order valence-corrected chi connectivity index (χ0v) is 12.3. The number of aryl methyl sites for hydroxylation is 2. The Balaban J connectivity index is 1.74. The molecule has 0 saturated heterocycles. The van der Waals surface area contributed by atoms with Gasteiger partial charge in [-0.1, -0.05) is 6.07 Å². The predicted octanol–water partition coefficient (Wildman–Crippen LogP) is 2.40. The van der Waals surface area contributed by atoms with Gasteiger partial charge in [-0.3, -0.25) is 4.79 Å². The lowest BCUT2D eigenvalue weighted by molar-refractivity contribution is -0.120. The number of anilines is 1. The van der Waals surface area contributed by atoms with Crippen molar-refractivity contribution in [3.8, 4) is 5.75 Å². The van der Waals surface area contributed by atoms with Gasteiger partial charge in [0.25, 0.3) is 0 Å². The lowest BCUT2D eigenvalue weighted by Crippen LogP contribution is -2.30. The molecule has 1 aromatic heterocycles. The van der Waals surface area contributed by atoms with Crippen molar-refractivity contribution in [3.63, 3.8) is 0 Å². The Morgan fingerprint density at radius 3 is 3.14 bits per heavy atom. The number of nitrogens with one attached hydrogen (secondary N) is 1. The normalized spacial score (nSPS) is 17.1. The van der Waals surface area contributed by atoms with Crippen molar-refractivity contribution in [1.82, 2.24) is 9.55 Å². The summed E-state index contributed by atoms with van der Waals surface area (Å²) in [6.07, 6.45) is 5.24. The monoisotopic (exact) mass is 285 g/mol. The van der Waals surface area contributed by atoms with Crippen molar-refractivity contribution >= 4 is 11.6 Å². The third-order valence-corrected chi connectivity index (χ3v) is 3.96. The van der Waals surface area contributed by atoms with E-state index >= 15 is 0 Å². The van der Waals surface area contributed by atoms with Crippen molar-refractivity contribution in [2.24, 2.45) is 5.92 Å². The first-order valence-corrected chi connectivity index (χ1v) is 7.12. The van der Waals surface area contributed by atoms with Crippen LogP contribution in [0.5, 0.6) is 5.75 Å². The summed E-state index contributed by atoms with van der Waals surface area (Å²) >= 11 is 0. The van der Waals surface area contributed by atoms with E-state index in [1.54, 1.807) is 7.11 Å². The maximum Gasteiger partial charge on any atom is 0.228 e. The van der Waals surface area contributed by atoms with Crippen LogP contribution in [0.25, 0.3) is 0 Å². The standard InChI is InChI=1S/C16H19N3O2/c1-11-3-4-15(21-2)14(7-11)18-16(20)12-5-6-19-10-17-9-13(19)8-12/h3-4,7,9-10,12H,5-6,8H2,1-2H3,(H,18,20). The van der Waals surface area contributed by atoms with Crippen molar-refractivity contribution < 1.29 is 9.53 Å². The predicted molar refractivity (Wildman–Crippen MR) is 80.4 cm³/mol. The highest BCUT2D eigenvalue weighted by atomic mass is 16.5. The first-order valence-electron chi connectivity index (χ1n) is 7.12. The second kappa shape index (κ2) is 5.60. The summed E-state index contributed by atoms with van der Waals surface area (Å²) in [4.78, 5) is 16.6. The van der Waals surface area contributed by atoms with Crippen molar-refractivity contribution in [1.29, 1.82) is 0 Å². The fraction of sp³-hybridized carbons (Fsp3) is 0.375. The molecule has 2 heterocycles. The molecule has 21 heavy (non-hydrogen) atoms. The van der Waals surface area contributed by atoms with Crippen molar-refractivity contribution in [3.05, 3.63) is 42.0 Å². The molecule has 5 nitrogen and oxygen atoms in total. The molecule has 2 aromatic rings. The van der Waals surface area contributed by atoms with E-state index in [9.17, 15) is 4.79 Å². The smallest absolute Gasteiger partial charge is 0.228 e. The third-order valence-electron chi connectivity index (χ3n) is 3.96. The van der Waals surface area contributed by atoms with E-state index in [1.165, 1.54) is 0 Å². The van der Waals surface area contributed by atoms with E-state index in [4.69, 9.17) is 4.74 Å². The van der Waals surface area contributed by atoms with Crippen LogP contribution in [0.15, 0.2) is 30.7 Å². The summed E-state index contributed by atoms with van der Waals surface area (Å²) in [6, 6.07) is 5.78. The number of hydrogen-bond acceptors (Lipinski definition) is 3. The van der Waals surface area contributed by atoms with Gasteiger partial charge in [0.2, 0.25) is 5.91 Å². The van der Waals surface area contributed by atoms with Crippen LogP contribution in [0.4, 0.5) is 5.69 Å². The maximum atomic E-state index is 12.5. The van der Waals surface area contributed by atoms with Gasteiger partial charge < -0.3 is 14.6 Å². The number of ether oxygens (including phenoxy) is 1. The van der Waals surface area contributed by atoms with Crippen LogP contribution in [-0.2, 0) is 17.8 Å². The molecule has 1 atom stereocenters. The second-order valence-electron chi connectivity index (χ2n) is 5.46. The van der Waals surface area contributed by atoms with Gasteiger partial charge in [-0.15, -0.1) is 0 Å². The van der Waals surface area contributed by atoms with Crippen LogP contribution < -0.4 is 10.1 Å². The minimum absolute atomic E-state index is 0.0144. The molecule has 0 spiro atoms. The number of aromatic nitrogens is 2. The molecule has 0 fully saturated rings. The Kier molecular flexibility index (Phi) is 3.64. The fourth-order valence-corrected chi connectivity index (χ4v) is 2.75. The number of fused-ring (bicyclic) bond motifs is 1. The highest BCUT2D eigenvalue weighted by Gasteiger charge is 2.25. The number of rotatable bonds is 3. The van der Waals surface area contributed by atoms with Crippen LogP contribution in [-0.4, -0.2) is 22.6 Å². The van der Waals surface area contributed by atoms with Gasteiger partial charge in [0.05, 0.1) is 19.1 Å². The van der Waals surface area contributed by atoms with Crippen LogP contribution in [0.3, 0.4) is 0 Å². The molecule has 0 aliphatic carbocycles. The van der Waals surface area contributed by atoms with Gasteiger partial charge in [0.15, 0.2) is 0 Å². The SMILES string of the molecule is COc1ccc(C)cc1NC(=O)C1CCn2cncc2C1. The minimum Gasteiger partial charge on any atom is -0.495 e. The first-order chi connectivity index (χ1) is 10.2. The Hall–Kier alpha value is -2.30. The molecule has 1 N–H and O–H groups in total. The quantitative estimate of drug-likeness (QED) is 0.942. The third kappa shape index (κ3) is 2.77. The lowest BCUT2D eigenvalue weighted by Gasteiger charge is -2.23. The summed E-state index contributed by atoms with van der Waals surface area (Å²) in [5, 5.41) is 3.00. The molecule has 1 aliphatic heterocycles. The van der Waals surface area contributed by atoms with E-state index < -0.39 is 0 Å². The zero-order chi connectivity index (χ0) is 14.8. The molecule has 110 valence electrons. The van der Waals surface area contributed by atoms with Crippen LogP contribution in [0, 0.1) is 12.8 Å². The van der Waals surface area contributed by atoms with Crippen LogP contribution in [0.1, 0.15) is 17.7 Å². The lowest BCUT2D eigenvalue weighted by atomic mass is 9.95. The molecular formula is C16H19N3O2. The average molecular weight is 285 g/mol. The number of nitrogens with zero attached hydrogens (tertiary/aromatic N) is 2. The molecule has 3 rings (SSSR count). The summed E-state index contributed by atoms with van der Waals surface area (Å²) in [5.41, 5.74) is 2.95. The number of imidazole rings is 1. The highest BCUT2D eigenvalue weighted by Crippen LogP contribution is 2.27. The van der Waals surface area contributed by atoms with E-state index in [-0.39, 0.29) is 11.8 Å². The Labute approximate surface area is 124 Å². The summed E-state index contributed by atoms with van der Waals surface area (Å²) in [5.74, 6) is 0.723. The Morgan fingerprint density at radius 1 is 1.48 bits per heavy atom. The molecule has 5 heteroatoms. The number of carbonyl (C=O) groups is 1. The molecule has 0 saturated carbocycles. The summed E-state index contributed by atoms with van der Waals surface area (Å²) in [7, 11) is 1.61. The molecule has 1 unspecified atom stereocenters. The van der Waals surface area contributed by atoms with E-state index in [0.29, 0.717) is 5.75 Å². The fourth-order valence-electron chi connectivity index (χ4n) is 2.75. The Morgan fingerprint density at radius 2 is 2.33 bits per heavy atom.